The molecule has 0 fully saturated rings. The lowest BCUT2D eigenvalue weighted by molar-refractivity contribution is 0.0517. The van der Waals surface area contributed by atoms with E-state index in [2.05, 4.69) is 0 Å². The normalized spacial score (nSPS) is 10.9. The highest BCUT2D eigenvalue weighted by atomic mass is 16.5. The number of carbonyl (C=O) groups excluding carboxylic acids is 1. The van der Waals surface area contributed by atoms with Crippen molar-refractivity contribution in [2.45, 2.75) is 27.7 Å². The predicted molar refractivity (Wildman–Crippen MR) is 134 cm³/mol. The zero-order valence-corrected chi connectivity index (χ0v) is 21.2. The highest BCUT2D eigenvalue weighted by molar-refractivity contribution is 6.00. The van der Waals surface area contributed by atoms with Crippen LogP contribution in [0.3, 0.4) is 0 Å². The molecule has 0 bridgehead atoms. The van der Waals surface area contributed by atoms with Gasteiger partial charge in [-0.15, -0.1) is 0 Å². The summed E-state index contributed by atoms with van der Waals surface area (Å²) in [5.41, 5.74) is 3.80. The van der Waals surface area contributed by atoms with Crippen LogP contribution in [0.1, 0.15) is 49.2 Å². The lowest BCUT2D eigenvalue weighted by Gasteiger charge is -2.21. The Labute approximate surface area is 201 Å². The molecule has 7 nitrogen and oxygen atoms in total. The molecule has 0 radical (unpaired) electrons. The third kappa shape index (κ3) is 6.04. The summed E-state index contributed by atoms with van der Waals surface area (Å²) in [5.74, 6) is 1.28. The van der Waals surface area contributed by atoms with Gasteiger partial charge in [0.25, 0.3) is 0 Å². The minimum Gasteiger partial charge on any atom is -0.492 e. The van der Waals surface area contributed by atoms with Crippen molar-refractivity contribution in [2.24, 2.45) is 0 Å². The van der Waals surface area contributed by atoms with Gasteiger partial charge in [0.1, 0.15) is 12.4 Å². The number of ether oxygens (including phenoxy) is 6. The van der Waals surface area contributed by atoms with Crippen LogP contribution in [-0.2, 0) is 4.74 Å². The van der Waals surface area contributed by atoms with E-state index in [0.29, 0.717) is 23.7 Å². The first-order valence-electron chi connectivity index (χ1n) is 10.9. The fourth-order valence-corrected chi connectivity index (χ4v) is 3.41. The van der Waals surface area contributed by atoms with Crippen LogP contribution in [0.25, 0.3) is 11.6 Å². The number of allylic oxidation sites excluding steroid dienone is 2. The van der Waals surface area contributed by atoms with Gasteiger partial charge in [0.05, 0.1) is 40.6 Å². The zero-order valence-electron chi connectivity index (χ0n) is 21.2. The van der Waals surface area contributed by atoms with Crippen molar-refractivity contribution in [3.63, 3.8) is 0 Å². The molecule has 0 unspecified atom stereocenters. The molecule has 184 valence electrons. The van der Waals surface area contributed by atoms with E-state index in [-0.39, 0.29) is 23.7 Å². The van der Waals surface area contributed by atoms with Crippen molar-refractivity contribution in [2.75, 3.05) is 41.7 Å². The Balaban J connectivity index is 2.59. The molecule has 0 spiro atoms. The van der Waals surface area contributed by atoms with Gasteiger partial charge >= 0.3 is 5.97 Å². The maximum absolute atomic E-state index is 12.7. The summed E-state index contributed by atoms with van der Waals surface area (Å²) in [6.07, 6.45) is 3.93. The van der Waals surface area contributed by atoms with Gasteiger partial charge in [0.2, 0.25) is 0 Å². The molecule has 0 heterocycles. The third-order valence-electron chi connectivity index (χ3n) is 5.06. The Morgan fingerprint density at radius 1 is 0.824 bits per heavy atom. The topological polar surface area (TPSA) is 72.5 Å². The molecule has 0 atom stereocenters. The van der Waals surface area contributed by atoms with E-state index in [1.165, 1.54) is 34.0 Å². The van der Waals surface area contributed by atoms with E-state index in [1.54, 1.807) is 6.92 Å². The Hall–Kier alpha value is -3.61. The number of esters is 1. The van der Waals surface area contributed by atoms with Crippen molar-refractivity contribution in [3.8, 4) is 28.7 Å². The van der Waals surface area contributed by atoms with E-state index < -0.39 is 5.97 Å². The van der Waals surface area contributed by atoms with Crippen molar-refractivity contribution in [1.82, 2.24) is 0 Å². The number of hydrogen-bond acceptors (Lipinski definition) is 7. The maximum atomic E-state index is 12.7. The Morgan fingerprint density at radius 2 is 1.35 bits per heavy atom. The monoisotopic (exact) mass is 470 g/mol. The summed E-state index contributed by atoms with van der Waals surface area (Å²) < 4.78 is 33.4. The van der Waals surface area contributed by atoms with Gasteiger partial charge in [-0.3, -0.25) is 0 Å². The Kier molecular flexibility index (Phi) is 9.86. The Bertz CT molecular complexity index is 1010. The fraction of sp³-hybridized carbons (Fsp3) is 0.370. The quantitative estimate of drug-likeness (QED) is 0.233. The molecule has 34 heavy (non-hydrogen) atoms. The van der Waals surface area contributed by atoms with Crippen LogP contribution in [0, 0.1) is 0 Å². The summed E-state index contributed by atoms with van der Waals surface area (Å²) in [6, 6.07) is 7.80. The molecule has 0 N–H and O–H groups in total. The van der Waals surface area contributed by atoms with Crippen LogP contribution in [0.2, 0.25) is 0 Å². The summed E-state index contributed by atoms with van der Waals surface area (Å²) in [4.78, 5) is 12.7. The maximum Gasteiger partial charge on any atom is 0.346 e. The number of hydrogen-bond donors (Lipinski definition) is 0. The average Bonchev–Trinajstić information content (AvgIpc) is 2.83. The third-order valence-corrected chi connectivity index (χ3v) is 5.06. The highest BCUT2D eigenvalue weighted by Gasteiger charge is 2.31. The highest BCUT2D eigenvalue weighted by Crippen LogP contribution is 2.50. The van der Waals surface area contributed by atoms with Gasteiger partial charge in [-0.05, 0) is 63.1 Å². The molecule has 2 aromatic rings. The summed E-state index contributed by atoms with van der Waals surface area (Å²) in [6.45, 7) is 8.49. The van der Waals surface area contributed by atoms with Crippen LogP contribution in [0.15, 0.2) is 35.9 Å². The Morgan fingerprint density at radius 3 is 1.79 bits per heavy atom. The van der Waals surface area contributed by atoms with E-state index in [0.717, 1.165) is 16.9 Å². The van der Waals surface area contributed by atoms with E-state index in [4.69, 9.17) is 28.4 Å². The first kappa shape index (κ1) is 26.6. The molecule has 2 aromatic carbocycles. The molecule has 0 aliphatic rings. The van der Waals surface area contributed by atoms with E-state index >= 15 is 0 Å². The van der Waals surface area contributed by atoms with Crippen LogP contribution in [-0.4, -0.2) is 47.6 Å². The summed E-state index contributed by atoms with van der Waals surface area (Å²) in [5, 5.41) is 0. The fourth-order valence-electron chi connectivity index (χ4n) is 3.41. The van der Waals surface area contributed by atoms with Gasteiger partial charge in [0.15, 0.2) is 28.6 Å². The van der Waals surface area contributed by atoms with Gasteiger partial charge in [0, 0.05) is 0 Å². The second kappa shape index (κ2) is 12.6. The van der Waals surface area contributed by atoms with Gasteiger partial charge in [-0.25, -0.2) is 4.79 Å². The molecule has 0 amide bonds. The molecule has 0 aromatic heterocycles. The molecular formula is C27H34O7. The molecule has 0 saturated carbocycles. The van der Waals surface area contributed by atoms with Crippen molar-refractivity contribution in [1.29, 1.82) is 0 Å². The van der Waals surface area contributed by atoms with E-state index in [9.17, 15) is 4.79 Å². The molecule has 0 aliphatic carbocycles. The van der Waals surface area contributed by atoms with Gasteiger partial charge in [-0.2, -0.15) is 0 Å². The molecule has 0 saturated heterocycles. The average molecular weight is 471 g/mol. The minimum absolute atomic E-state index is 0.105. The number of rotatable bonds is 11. The van der Waals surface area contributed by atoms with Gasteiger partial charge in [-0.1, -0.05) is 17.7 Å². The smallest absolute Gasteiger partial charge is 0.346 e. The lowest BCUT2D eigenvalue weighted by Crippen LogP contribution is -2.12. The van der Waals surface area contributed by atoms with Crippen molar-refractivity contribution in [3.05, 3.63) is 52.6 Å². The van der Waals surface area contributed by atoms with Crippen molar-refractivity contribution < 1.29 is 33.2 Å². The van der Waals surface area contributed by atoms with Crippen LogP contribution in [0.5, 0.6) is 28.7 Å². The molecular weight excluding hydrogens is 436 g/mol. The number of methoxy groups -OCH3 is 4. The zero-order chi connectivity index (χ0) is 25.3. The second-order valence-electron chi connectivity index (χ2n) is 7.59. The van der Waals surface area contributed by atoms with Gasteiger partial charge < -0.3 is 28.4 Å². The number of carbonyl (C=O) groups is 1. The van der Waals surface area contributed by atoms with Crippen molar-refractivity contribution >= 4 is 17.6 Å². The second-order valence-corrected chi connectivity index (χ2v) is 7.59. The standard InChI is InChI=1S/C27H34O7/c1-9-33-27(28)22-25(31-7)23(29-5)21(24(30-6)26(22)32-8)16-18(4)19-10-12-20(13-11-19)34-15-14-17(2)3/h10-14,16H,9,15H2,1-8H3. The molecule has 2 rings (SSSR count). The number of benzene rings is 2. The SMILES string of the molecule is CCOC(=O)c1c(OC)c(OC)c(C=C(C)c2ccc(OCC=C(C)C)cc2)c(OC)c1OC. The van der Waals surface area contributed by atoms with Crippen LogP contribution >= 0.6 is 0 Å². The summed E-state index contributed by atoms with van der Waals surface area (Å²) in [7, 11) is 5.93. The van der Waals surface area contributed by atoms with E-state index in [1.807, 2.05) is 57.2 Å². The lowest BCUT2D eigenvalue weighted by atomic mass is 9.99. The predicted octanol–water partition coefficient (Wildman–Crippen LogP) is 5.80. The van der Waals surface area contributed by atoms with Crippen LogP contribution < -0.4 is 23.7 Å². The first-order valence-corrected chi connectivity index (χ1v) is 10.9. The minimum atomic E-state index is -0.594. The van der Waals surface area contributed by atoms with Crippen LogP contribution in [0.4, 0.5) is 0 Å². The molecule has 7 heteroatoms. The first-order chi connectivity index (χ1) is 16.3. The molecule has 0 aliphatic heterocycles. The summed E-state index contributed by atoms with van der Waals surface area (Å²) >= 11 is 0. The largest absolute Gasteiger partial charge is 0.492 e.